The molecule has 0 fully saturated rings. The lowest BCUT2D eigenvalue weighted by Crippen LogP contribution is -2.83. The third-order valence-electron chi connectivity index (χ3n) is 4.08. The van der Waals surface area contributed by atoms with Gasteiger partial charge in [0.25, 0.3) is 0 Å². The number of aromatic amines is 1. The average Bonchev–Trinajstić information content (AvgIpc) is 3.01. The van der Waals surface area contributed by atoms with Crippen LogP contribution in [0.1, 0.15) is 11.1 Å². The van der Waals surface area contributed by atoms with Crippen molar-refractivity contribution in [2.45, 2.75) is 13.0 Å². The van der Waals surface area contributed by atoms with Gasteiger partial charge in [0.1, 0.15) is 18.0 Å². The number of aromatic nitrogens is 1. The van der Waals surface area contributed by atoms with Crippen LogP contribution in [0.3, 0.4) is 0 Å². The Kier molecular flexibility index (Phi) is 4.83. The van der Waals surface area contributed by atoms with Crippen LogP contribution in [-0.4, -0.2) is 25.7 Å². The Morgan fingerprint density at radius 2 is 1.74 bits per heavy atom. The number of nitrogens with two attached hydrogens (primary N) is 1. The van der Waals surface area contributed by atoms with E-state index in [1.165, 1.54) is 22.0 Å². The van der Waals surface area contributed by atoms with Gasteiger partial charge in [-0.05, 0) is 23.8 Å². The second-order valence-electron chi connectivity index (χ2n) is 5.61. The molecule has 0 saturated carbocycles. The number of fused-ring (bicyclic) bond motifs is 1. The zero-order valence-corrected chi connectivity index (χ0v) is 13.6. The van der Waals surface area contributed by atoms with E-state index in [1.807, 2.05) is 6.07 Å². The number of nitrogens with one attached hydrogen (secondary N) is 1. The summed E-state index contributed by atoms with van der Waals surface area (Å²) in [6, 6.07) is 14.5. The van der Waals surface area contributed by atoms with Crippen LogP contribution in [-0.2, 0) is 13.0 Å². The van der Waals surface area contributed by atoms with Gasteiger partial charge in [0, 0.05) is 35.2 Å². The Balaban J connectivity index is 1.57. The molecule has 4 heteroatoms. The highest BCUT2D eigenvalue weighted by Gasteiger charge is 2.06. The Labute approximate surface area is 136 Å². The first-order valence-corrected chi connectivity index (χ1v) is 7.89. The van der Waals surface area contributed by atoms with E-state index in [0.717, 1.165) is 31.0 Å². The predicted octanol–water partition coefficient (Wildman–Crippen LogP) is 2.49. The second kappa shape index (κ2) is 7.20. The molecule has 0 aliphatic carbocycles. The minimum Gasteiger partial charge on any atom is -0.497 e. The van der Waals surface area contributed by atoms with Crippen LogP contribution >= 0.6 is 0 Å². The van der Waals surface area contributed by atoms with E-state index in [1.54, 1.807) is 14.2 Å². The maximum absolute atomic E-state index is 5.31. The number of quaternary nitrogens is 1. The molecule has 0 radical (unpaired) electrons. The summed E-state index contributed by atoms with van der Waals surface area (Å²) >= 11 is 0. The van der Waals surface area contributed by atoms with E-state index in [0.29, 0.717) is 0 Å². The van der Waals surface area contributed by atoms with Crippen molar-refractivity contribution in [2.75, 3.05) is 20.8 Å². The van der Waals surface area contributed by atoms with Crippen molar-refractivity contribution in [3.8, 4) is 11.5 Å². The quantitative estimate of drug-likeness (QED) is 0.659. The van der Waals surface area contributed by atoms with Crippen LogP contribution in [0.2, 0.25) is 0 Å². The van der Waals surface area contributed by atoms with E-state index in [2.05, 4.69) is 52.9 Å². The van der Waals surface area contributed by atoms with Gasteiger partial charge in [-0.1, -0.05) is 18.2 Å². The van der Waals surface area contributed by atoms with Crippen molar-refractivity contribution in [3.05, 3.63) is 59.8 Å². The van der Waals surface area contributed by atoms with Gasteiger partial charge < -0.3 is 19.8 Å². The molecule has 3 rings (SSSR count). The standard InChI is InChI=1S/C19H22N2O2/c1-22-16-9-14(10-17(11-16)23-2)12-20-8-7-15-13-21-19-6-4-3-5-18(15)19/h3-6,9-11,13,20-21H,7-8,12H2,1-2H3/p+1. The molecule has 23 heavy (non-hydrogen) atoms. The Bertz CT molecular complexity index is 758. The molecule has 0 unspecified atom stereocenters. The summed E-state index contributed by atoms with van der Waals surface area (Å²) in [5.41, 5.74) is 3.79. The third kappa shape index (κ3) is 3.66. The van der Waals surface area contributed by atoms with Gasteiger partial charge in [0.2, 0.25) is 0 Å². The fourth-order valence-electron chi connectivity index (χ4n) is 2.85. The van der Waals surface area contributed by atoms with Crippen molar-refractivity contribution in [1.29, 1.82) is 0 Å². The van der Waals surface area contributed by atoms with Crippen molar-refractivity contribution in [1.82, 2.24) is 4.98 Å². The number of hydrogen-bond acceptors (Lipinski definition) is 2. The third-order valence-corrected chi connectivity index (χ3v) is 4.08. The van der Waals surface area contributed by atoms with Gasteiger partial charge in [-0.3, -0.25) is 0 Å². The normalized spacial score (nSPS) is 10.9. The number of rotatable bonds is 7. The Morgan fingerprint density at radius 1 is 1.00 bits per heavy atom. The summed E-state index contributed by atoms with van der Waals surface area (Å²) in [5, 5.41) is 3.64. The topological polar surface area (TPSA) is 50.9 Å². The van der Waals surface area contributed by atoms with Crippen LogP contribution in [0.15, 0.2) is 48.7 Å². The van der Waals surface area contributed by atoms with Gasteiger partial charge in [0.05, 0.1) is 20.8 Å². The molecule has 1 heterocycles. The summed E-state index contributed by atoms with van der Waals surface area (Å²) in [7, 11) is 3.36. The first-order valence-electron chi connectivity index (χ1n) is 7.89. The lowest BCUT2D eigenvalue weighted by molar-refractivity contribution is -0.670. The van der Waals surface area contributed by atoms with Crippen LogP contribution in [0.5, 0.6) is 11.5 Å². The first-order chi connectivity index (χ1) is 11.3. The second-order valence-corrected chi connectivity index (χ2v) is 5.61. The molecule has 120 valence electrons. The summed E-state index contributed by atoms with van der Waals surface area (Å²) in [4.78, 5) is 3.33. The molecule has 0 atom stereocenters. The summed E-state index contributed by atoms with van der Waals surface area (Å²) in [6.45, 7) is 1.96. The predicted molar refractivity (Wildman–Crippen MR) is 92.0 cm³/mol. The first kappa shape index (κ1) is 15.4. The molecule has 3 N–H and O–H groups in total. The lowest BCUT2D eigenvalue weighted by atomic mass is 10.1. The Hall–Kier alpha value is -2.46. The molecule has 0 bridgehead atoms. The average molecular weight is 311 g/mol. The zero-order chi connectivity index (χ0) is 16.1. The number of para-hydroxylation sites is 1. The fraction of sp³-hybridized carbons (Fsp3) is 0.263. The maximum Gasteiger partial charge on any atom is 0.123 e. The van der Waals surface area contributed by atoms with Crippen LogP contribution in [0, 0.1) is 0 Å². The van der Waals surface area contributed by atoms with Crippen molar-refractivity contribution >= 4 is 10.9 Å². The van der Waals surface area contributed by atoms with E-state index in [9.17, 15) is 0 Å². The number of ether oxygens (including phenoxy) is 2. The van der Waals surface area contributed by atoms with E-state index in [4.69, 9.17) is 9.47 Å². The van der Waals surface area contributed by atoms with Crippen molar-refractivity contribution in [2.24, 2.45) is 0 Å². The molecule has 2 aromatic carbocycles. The summed E-state index contributed by atoms with van der Waals surface area (Å²) < 4.78 is 10.6. The SMILES string of the molecule is COc1cc(C[NH2+]CCc2c[nH]c3ccccc23)cc(OC)c1. The monoisotopic (exact) mass is 311 g/mol. The zero-order valence-electron chi connectivity index (χ0n) is 13.6. The minimum absolute atomic E-state index is 0.837. The highest BCUT2D eigenvalue weighted by molar-refractivity contribution is 5.82. The molecule has 0 spiro atoms. The molecule has 0 aliphatic rings. The number of H-pyrrole nitrogens is 1. The number of methoxy groups -OCH3 is 2. The smallest absolute Gasteiger partial charge is 0.123 e. The highest BCUT2D eigenvalue weighted by Crippen LogP contribution is 2.22. The van der Waals surface area contributed by atoms with Gasteiger partial charge in [0.15, 0.2) is 0 Å². The van der Waals surface area contributed by atoms with Crippen molar-refractivity contribution < 1.29 is 14.8 Å². The highest BCUT2D eigenvalue weighted by atomic mass is 16.5. The molecular formula is C19H23N2O2+. The molecule has 0 amide bonds. The molecule has 0 saturated heterocycles. The summed E-state index contributed by atoms with van der Waals surface area (Å²) in [5.74, 6) is 1.67. The van der Waals surface area contributed by atoms with E-state index < -0.39 is 0 Å². The number of hydrogen-bond donors (Lipinski definition) is 2. The Morgan fingerprint density at radius 3 is 2.48 bits per heavy atom. The lowest BCUT2D eigenvalue weighted by Gasteiger charge is -2.08. The van der Waals surface area contributed by atoms with Gasteiger partial charge in [-0.15, -0.1) is 0 Å². The molecule has 4 nitrogen and oxygen atoms in total. The molecule has 3 aromatic rings. The summed E-state index contributed by atoms with van der Waals surface area (Å²) in [6.07, 6.45) is 3.16. The van der Waals surface area contributed by atoms with Gasteiger partial charge >= 0.3 is 0 Å². The minimum atomic E-state index is 0.837. The largest absolute Gasteiger partial charge is 0.497 e. The van der Waals surface area contributed by atoms with Crippen molar-refractivity contribution in [3.63, 3.8) is 0 Å². The molecular weight excluding hydrogens is 288 g/mol. The van der Waals surface area contributed by atoms with E-state index >= 15 is 0 Å². The van der Waals surface area contributed by atoms with Crippen LogP contribution < -0.4 is 14.8 Å². The van der Waals surface area contributed by atoms with Crippen LogP contribution in [0.4, 0.5) is 0 Å². The maximum atomic E-state index is 5.31. The molecule has 1 aromatic heterocycles. The number of benzene rings is 2. The molecule has 0 aliphatic heterocycles. The fourth-order valence-corrected chi connectivity index (χ4v) is 2.85. The van der Waals surface area contributed by atoms with Gasteiger partial charge in [-0.2, -0.15) is 0 Å². The van der Waals surface area contributed by atoms with Gasteiger partial charge in [-0.25, -0.2) is 0 Å². The van der Waals surface area contributed by atoms with E-state index in [-0.39, 0.29) is 0 Å². The van der Waals surface area contributed by atoms with Crippen LogP contribution in [0.25, 0.3) is 10.9 Å².